The summed E-state index contributed by atoms with van der Waals surface area (Å²) < 4.78 is 43.1. The highest BCUT2D eigenvalue weighted by atomic mass is 19.1. The van der Waals surface area contributed by atoms with E-state index in [9.17, 15) is 8.78 Å². The van der Waals surface area contributed by atoms with E-state index in [-0.39, 0.29) is 25.9 Å². The van der Waals surface area contributed by atoms with Crippen molar-refractivity contribution in [3.05, 3.63) is 24.3 Å². The van der Waals surface area contributed by atoms with Crippen molar-refractivity contribution in [1.29, 1.82) is 0 Å². The largest absolute Gasteiger partial charge is 0.352 e. The van der Waals surface area contributed by atoms with Crippen molar-refractivity contribution in [3.63, 3.8) is 0 Å². The zero-order valence-electron chi connectivity index (χ0n) is 27.8. The molecule has 0 saturated carbocycles. The Labute approximate surface area is 265 Å². The highest BCUT2D eigenvalue weighted by Crippen LogP contribution is 2.32. The van der Waals surface area contributed by atoms with Crippen LogP contribution in [0.1, 0.15) is 167 Å². The van der Waals surface area contributed by atoms with E-state index in [4.69, 9.17) is 14.2 Å². The van der Waals surface area contributed by atoms with Crippen molar-refractivity contribution in [2.45, 2.75) is 180 Å². The van der Waals surface area contributed by atoms with E-state index >= 15 is 0 Å². The van der Waals surface area contributed by atoms with Crippen LogP contribution in [-0.4, -0.2) is 39.1 Å². The summed E-state index contributed by atoms with van der Waals surface area (Å²) in [6.45, 7) is 1.28. The van der Waals surface area contributed by atoms with E-state index in [1.807, 2.05) is 0 Å². The highest BCUT2D eigenvalue weighted by Gasteiger charge is 2.33. The molecule has 2 aliphatic rings. The first-order valence-corrected chi connectivity index (χ1v) is 18.7. The molecule has 2 heterocycles. The summed E-state index contributed by atoms with van der Waals surface area (Å²) in [6.07, 6.45) is 39.5. The van der Waals surface area contributed by atoms with Crippen molar-refractivity contribution < 1.29 is 23.0 Å². The molecule has 2 fully saturated rings. The van der Waals surface area contributed by atoms with Gasteiger partial charge < -0.3 is 14.2 Å². The van der Waals surface area contributed by atoms with Crippen LogP contribution in [0, 0.1) is 11.8 Å². The van der Waals surface area contributed by atoms with Gasteiger partial charge in [0.1, 0.15) is 0 Å². The number of hydrogen-bond acceptors (Lipinski definition) is 3. The molecule has 0 aliphatic carbocycles. The lowest BCUT2D eigenvalue weighted by Gasteiger charge is -2.38. The molecule has 4 unspecified atom stereocenters. The second-order valence-electron chi connectivity index (χ2n) is 13.1. The fourth-order valence-electron chi connectivity index (χ4n) is 6.55. The van der Waals surface area contributed by atoms with Crippen molar-refractivity contribution >= 4 is 0 Å². The van der Waals surface area contributed by atoms with Gasteiger partial charge in [-0.1, -0.05) is 101 Å². The normalized spacial score (nSPS) is 23.1. The molecule has 3 nitrogen and oxygen atoms in total. The third kappa shape index (κ3) is 20.8. The molecule has 0 N–H and O–H groups in total. The van der Waals surface area contributed by atoms with Crippen LogP contribution in [0.3, 0.4) is 0 Å². The molecular weight excluding hydrogens is 542 g/mol. The number of alkyl halides is 2. The minimum atomic E-state index is -0.157. The van der Waals surface area contributed by atoms with Crippen molar-refractivity contribution in [2.24, 2.45) is 11.8 Å². The first kappa shape index (κ1) is 38.4. The standard InChI is InChI=1S/C38H68F2O3/c39-31-23-19-15-11-7-3-1-5-9-13-17-21-27-35-29-25-33-41-37(35)43-38-36(30-26-34-42-38)28-22-18-14-10-6-2-4-8-12-16-20-24-32-40/h13-14,17-18,35-38H,1-12,15-16,19-34H2. The predicted molar refractivity (Wildman–Crippen MR) is 178 cm³/mol. The molecule has 43 heavy (non-hydrogen) atoms. The number of allylic oxidation sites excluding steroid dienone is 4. The van der Waals surface area contributed by atoms with Gasteiger partial charge in [0.05, 0.1) is 13.3 Å². The molecule has 0 aromatic carbocycles. The van der Waals surface area contributed by atoms with Gasteiger partial charge in [0.15, 0.2) is 12.6 Å². The van der Waals surface area contributed by atoms with E-state index in [0.29, 0.717) is 11.8 Å². The van der Waals surface area contributed by atoms with Crippen LogP contribution in [0.5, 0.6) is 0 Å². The number of hydrogen-bond donors (Lipinski definition) is 0. The summed E-state index contributed by atoms with van der Waals surface area (Å²) in [5.41, 5.74) is 0. The van der Waals surface area contributed by atoms with Gasteiger partial charge in [-0.25, -0.2) is 0 Å². The maximum Gasteiger partial charge on any atom is 0.163 e. The number of halogens is 2. The first-order valence-electron chi connectivity index (χ1n) is 18.7. The summed E-state index contributed by atoms with van der Waals surface area (Å²) in [5, 5.41) is 0. The Morgan fingerprint density at radius 2 is 0.814 bits per heavy atom. The number of unbranched alkanes of at least 4 members (excludes halogenated alkanes) is 16. The average molecular weight is 611 g/mol. The van der Waals surface area contributed by atoms with Crippen LogP contribution < -0.4 is 0 Å². The Balaban J connectivity index is 1.55. The van der Waals surface area contributed by atoms with Crippen LogP contribution >= 0.6 is 0 Å². The van der Waals surface area contributed by atoms with E-state index in [1.54, 1.807) is 0 Å². The molecule has 2 saturated heterocycles. The molecule has 0 spiro atoms. The minimum absolute atomic E-state index is 0.128. The second kappa shape index (κ2) is 28.7. The maximum atomic E-state index is 12.1. The fourth-order valence-corrected chi connectivity index (χ4v) is 6.55. The van der Waals surface area contributed by atoms with Gasteiger partial charge in [-0.15, -0.1) is 0 Å². The van der Waals surface area contributed by atoms with Gasteiger partial charge in [0.2, 0.25) is 0 Å². The summed E-state index contributed by atoms with van der Waals surface area (Å²) in [5.74, 6) is 0.911. The van der Waals surface area contributed by atoms with Crippen LogP contribution in [0.4, 0.5) is 8.78 Å². The number of ether oxygens (including phenoxy) is 3. The van der Waals surface area contributed by atoms with E-state index < -0.39 is 0 Å². The van der Waals surface area contributed by atoms with Crippen LogP contribution in [0.2, 0.25) is 0 Å². The lowest BCUT2D eigenvalue weighted by atomic mass is 9.93. The summed E-state index contributed by atoms with van der Waals surface area (Å²) in [7, 11) is 0. The summed E-state index contributed by atoms with van der Waals surface area (Å²) >= 11 is 0. The third-order valence-electron chi connectivity index (χ3n) is 9.29. The van der Waals surface area contributed by atoms with Gasteiger partial charge in [0, 0.05) is 25.0 Å². The van der Waals surface area contributed by atoms with Crippen molar-refractivity contribution in [2.75, 3.05) is 26.6 Å². The minimum Gasteiger partial charge on any atom is -0.352 e. The molecular formula is C38H68F2O3. The molecule has 0 radical (unpaired) electrons. The Morgan fingerprint density at radius 3 is 1.21 bits per heavy atom. The van der Waals surface area contributed by atoms with Crippen LogP contribution in [0.15, 0.2) is 24.3 Å². The third-order valence-corrected chi connectivity index (χ3v) is 9.29. The average Bonchev–Trinajstić information content (AvgIpc) is 3.03. The van der Waals surface area contributed by atoms with Crippen LogP contribution in [0.25, 0.3) is 0 Å². The van der Waals surface area contributed by atoms with E-state index in [0.717, 1.165) is 77.4 Å². The summed E-state index contributed by atoms with van der Waals surface area (Å²) in [4.78, 5) is 0. The van der Waals surface area contributed by atoms with Crippen LogP contribution in [-0.2, 0) is 14.2 Å². The van der Waals surface area contributed by atoms with E-state index in [2.05, 4.69) is 24.3 Å². The Bertz CT molecular complexity index is 601. The topological polar surface area (TPSA) is 27.7 Å². The smallest absolute Gasteiger partial charge is 0.163 e. The molecule has 0 aromatic rings. The zero-order chi connectivity index (χ0) is 30.5. The van der Waals surface area contributed by atoms with Gasteiger partial charge in [-0.05, 0) is 89.9 Å². The molecule has 5 heteroatoms. The lowest BCUT2D eigenvalue weighted by Crippen LogP contribution is -2.41. The molecule has 0 aromatic heterocycles. The SMILES string of the molecule is FCCCCCCCCCCC=CCCC1CCCOC1OC1OCCCC1CCC=CCCCCCCCCCCF. The van der Waals surface area contributed by atoms with Gasteiger partial charge in [-0.2, -0.15) is 0 Å². The lowest BCUT2D eigenvalue weighted by molar-refractivity contribution is -0.297. The summed E-state index contributed by atoms with van der Waals surface area (Å²) in [6, 6.07) is 0. The van der Waals surface area contributed by atoms with Gasteiger partial charge in [-0.3, -0.25) is 8.78 Å². The molecule has 2 rings (SSSR count). The van der Waals surface area contributed by atoms with Gasteiger partial charge >= 0.3 is 0 Å². The van der Waals surface area contributed by atoms with Gasteiger partial charge in [0.25, 0.3) is 0 Å². The fraction of sp³-hybridized carbons (Fsp3) is 0.895. The molecule has 2 aliphatic heterocycles. The van der Waals surface area contributed by atoms with Crippen molar-refractivity contribution in [1.82, 2.24) is 0 Å². The molecule has 0 bridgehead atoms. The predicted octanol–water partition coefficient (Wildman–Crippen LogP) is 12.1. The second-order valence-corrected chi connectivity index (χ2v) is 13.1. The highest BCUT2D eigenvalue weighted by molar-refractivity contribution is 4.85. The monoisotopic (exact) mass is 611 g/mol. The van der Waals surface area contributed by atoms with E-state index in [1.165, 1.54) is 103 Å². The molecule has 252 valence electrons. The number of rotatable bonds is 28. The quantitative estimate of drug-likeness (QED) is 0.0651. The Hall–Kier alpha value is -0.780. The zero-order valence-corrected chi connectivity index (χ0v) is 27.8. The molecule has 4 atom stereocenters. The Morgan fingerprint density at radius 1 is 0.465 bits per heavy atom. The van der Waals surface area contributed by atoms with Crippen molar-refractivity contribution in [3.8, 4) is 0 Å². The maximum absolute atomic E-state index is 12.1. The Kier molecular flexibility index (Phi) is 25.6. The first-order chi connectivity index (χ1) is 21.3. The molecule has 0 amide bonds.